The van der Waals surface area contributed by atoms with E-state index >= 15 is 0 Å². The second kappa shape index (κ2) is 12.3. The maximum Gasteiger partial charge on any atom is 0.321 e. The number of piperazine rings is 1. The third-order valence-corrected chi connectivity index (χ3v) is 7.19. The van der Waals surface area contributed by atoms with Gasteiger partial charge in [-0.2, -0.15) is 0 Å². The minimum Gasteiger partial charge on any atom is -0.379 e. The van der Waals surface area contributed by atoms with Gasteiger partial charge in [0.2, 0.25) is 5.91 Å². The van der Waals surface area contributed by atoms with Crippen molar-refractivity contribution in [3.8, 4) is 0 Å². The SMILES string of the molecule is O=C(NCCCN1CCOCC1)C(C1CCCC1)N1CCN(C(=O)Nc2ccccc2)CC1. The molecule has 1 aliphatic carbocycles. The molecule has 2 N–H and O–H groups in total. The van der Waals surface area contributed by atoms with Gasteiger partial charge in [0, 0.05) is 51.5 Å². The number of hydrogen-bond acceptors (Lipinski definition) is 5. The Kier molecular flexibility index (Phi) is 8.97. The molecule has 1 aromatic carbocycles. The highest BCUT2D eigenvalue weighted by molar-refractivity contribution is 5.89. The van der Waals surface area contributed by atoms with Crippen LogP contribution < -0.4 is 10.6 Å². The van der Waals surface area contributed by atoms with Crippen molar-refractivity contribution < 1.29 is 14.3 Å². The number of morpholine rings is 1. The molecular formula is C25H39N5O3. The van der Waals surface area contributed by atoms with E-state index in [1.54, 1.807) is 0 Å². The smallest absolute Gasteiger partial charge is 0.321 e. The van der Waals surface area contributed by atoms with Gasteiger partial charge in [-0.05, 0) is 43.9 Å². The van der Waals surface area contributed by atoms with E-state index in [9.17, 15) is 9.59 Å². The van der Waals surface area contributed by atoms with Crippen LogP contribution in [-0.4, -0.2) is 98.3 Å². The van der Waals surface area contributed by atoms with Crippen LogP contribution in [-0.2, 0) is 9.53 Å². The summed E-state index contributed by atoms with van der Waals surface area (Å²) < 4.78 is 5.41. The number of nitrogens with one attached hydrogen (secondary N) is 2. The lowest BCUT2D eigenvalue weighted by Gasteiger charge is -2.40. The van der Waals surface area contributed by atoms with Crippen molar-refractivity contribution in [2.24, 2.45) is 5.92 Å². The van der Waals surface area contributed by atoms with Gasteiger partial charge in [0.1, 0.15) is 0 Å². The number of carbonyl (C=O) groups is 2. The van der Waals surface area contributed by atoms with E-state index < -0.39 is 0 Å². The second-order valence-electron chi connectivity index (χ2n) is 9.41. The zero-order chi connectivity index (χ0) is 22.9. The predicted molar refractivity (Wildman–Crippen MR) is 129 cm³/mol. The Labute approximate surface area is 197 Å². The molecule has 2 heterocycles. The Morgan fingerprint density at radius 2 is 1.67 bits per heavy atom. The van der Waals surface area contributed by atoms with E-state index in [-0.39, 0.29) is 18.0 Å². The van der Waals surface area contributed by atoms with Crippen molar-refractivity contribution in [2.75, 3.05) is 70.9 Å². The van der Waals surface area contributed by atoms with Crippen molar-refractivity contribution in [1.29, 1.82) is 0 Å². The van der Waals surface area contributed by atoms with Gasteiger partial charge in [0.15, 0.2) is 0 Å². The fourth-order valence-electron chi connectivity index (χ4n) is 5.32. The summed E-state index contributed by atoms with van der Waals surface area (Å²) in [6, 6.07) is 9.42. The summed E-state index contributed by atoms with van der Waals surface area (Å²) in [4.78, 5) is 32.5. The number of benzene rings is 1. The molecule has 4 rings (SSSR count). The fourth-order valence-corrected chi connectivity index (χ4v) is 5.32. The van der Waals surface area contributed by atoms with Gasteiger partial charge in [-0.15, -0.1) is 0 Å². The first-order valence-electron chi connectivity index (χ1n) is 12.6. The van der Waals surface area contributed by atoms with E-state index in [0.29, 0.717) is 19.0 Å². The first-order valence-corrected chi connectivity index (χ1v) is 12.6. The van der Waals surface area contributed by atoms with Crippen molar-refractivity contribution in [3.05, 3.63) is 30.3 Å². The molecule has 3 aliphatic rings. The topological polar surface area (TPSA) is 77.2 Å². The summed E-state index contributed by atoms with van der Waals surface area (Å²) in [6.45, 7) is 8.10. The molecule has 0 spiro atoms. The molecule has 1 aromatic rings. The number of ether oxygens (including phenoxy) is 1. The van der Waals surface area contributed by atoms with E-state index in [4.69, 9.17) is 4.74 Å². The quantitative estimate of drug-likeness (QED) is 0.586. The molecule has 8 heteroatoms. The van der Waals surface area contributed by atoms with Crippen molar-refractivity contribution in [1.82, 2.24) is 20.0 Å². The third-order valence-electron chi connectivity index (χ3n) is 7.19. The van der Waals surface area contributed by atoms with Gasteiger partial charge < -0.3 is 20.3 Å². The molecule has 33 heavy (non-hydrogen) atoms. The zero-order valence-electron chi connectivity index (χ0n) is 19.7. The average molecular weight is 458 g/mol. The first kappa shape index (κ1) is 24.0. The molecule has 2 aliphatic heterocycles. The normalized spacial score (nSPS) is 21.6. The molecule has 3 fully saturated rings. The second-order valence-corrected chi connectivity index (χ2v) is 9.41. The number of hydrogen-bond donors (Lipinski definition) is 2. The minimum atomic E-state index is -0.0739. The molecule has 1 unspecified atom stereocenters. The number of anilines is 1. The molecule has 0 bridgehead atoms. The molecule has 0 aromatic heterocycles. The number of urea groups is 1. The summed E-state index contributed by atoms with van der Waals surface area (Å²) in [5, 5.41) is 6.20. The minimum absolute atomic E-state index is 0.0640. The molecule has 8 nitrogen and oxygen atoms in total. The number of rotatable bonds is 8. The summed E-state index contributed by atoms with van der Waals surface area (Å²) in [7, 11) is 0. The van der Waals surface area contributed by atoms with Crippen LogP contribution in [0, 0.1) is 5.92 Å². The van der Waals surface area contributed by atoms with Gasteiger partial charge in [-0.1, -0.05) is 31.0 Å². The zero-order valence-corrected chi connectivity index (χ0v) is 19.7. The third kappa shape index (κ3) is 6.91. The fraction of sp³-hybridized carbons (Fsp3) is 0.680. The van der Waals surface area contributed by atoms with Crippen LogP contribution in [0.4, 0.5) is 10.5 Å². The van der Waals surface area contributed by atoms with Crippen LogP contribution in [0.25, 0.3) is 0 Å². The van der Waals surface area contributed by atoms with Crippen LogP contribution in [0.15, 0.2) is 30.3 Å². The number of para-hydroxylation sites is 1. The van der Waals surface area contributed by atoms with Crippen molar-refractivity contribution in [3.63, 3.8) is 0 Å². The van der Waals surface area contributed by atoms with Crippen LogP contribution >= 0.6 is 0 Å². The van der Waals surface area contributed by atoms with E-state index in [2.05, 4.69) is 20.4 Å². The monoisotopic (exact) mass is 457 g/mol. The maximum absolute atomic E-state index is 13.3. The standard InChI is InChI=1S/C25H39N5O3/c31-24(26-11-6-12-28-17-19-33-20-18-28)23(21-7-4-5-8-21)29-13-15-30(16-14-29)25(32)27-22-9-2-1-3-10-22/h1-3,9-10,21,23H,4-8,11-20H2,(H,26,31)(H,27,32). The lowest BCUT2D eigenvalue weighted by Crippen LogP contribution is -2.58. The Morgan fingerprint density at radius 3 is 2.36 bits per heavy atom. The highest BCUT2D eigenvalue weighted by Crippen LogP contribution is 2.31. The van der Waals surface area contributed by atoms with Crippen molar-refractivity contribution in [2.45, 2.75) is 38.1 Å². The van der Waals surface area contributed by atoms with Crippen molar-refractivity contribution >= 4 is 17.6 Å². The molecule has 1 saturated carbocycles. The lowest BCUT2D eigenvalue weighted by molar-refractivity contribution is -0.129. The summed E-state index contributed by atoms with van der Waals surface area (Å²) in [5.74, 6) is 0.597. The highest BCUT2D eigenvalue weighted by atomic mass is 16.5. The number of carbonyl (C=O) groups excluding carboxylic acids is 2. The average Bonchev–Trinajstić information content (AvgIpc) is 3.38. The molecule has 3 amide bonds. The largest absolute Gasteiger partial charge is 0.379 e. The Hall–Kier alpha value is -2.16. The van der Waals surface area contributed by atoms with Crippen LogP contribution in [0.5, 0.6) is 0 Å². The molecule has 0 radical (unpaired) electrons. The van der Waals surface area contributed by atoms with E-state index in [1.807, 2.05) is 35.2 Å². The van der Waals surface area contributed by atoms with Gasteiger partial charge in [0.25, 0.3) is 0 Å². The highest BCUT2D eigenvalue weighted by Gasteiger charge is 2.37. The Morgan fingerprint density at radius 1 is 0.970 bits per heavy atom. The van der Waals surface area contributed by atoms with Gasteiger partial charge >= 0.3 is 6.03 Å². The Bertz CT molecular complexity index is 742. The maximum atomic E-state index is 13.3. The summed E-state index contributed by atoms with van der Waals surface area (Å²) in [6.07, 6.45) is 5.65. The summed E-state index contributed by atoms with van der Waals surface area (Å²) >= 11 is 0. The number of amides is 3. The molecule has 182 valence electrons. The summed E-state index contributed by atoms with van der Waals surface area (Å²) in [5.41, 5.74) is 0.810. The predicted octanol–water partition coefficient (Wildman–Crippen LogP) is 2.23. The van der Waals surface area contributed by atoms with Crippen LogP contribution in [0.3, 0.4) is 0 Å². The van der Waals surface area contributed by atoms with Crippen LogP contribution in [0.1, 0.15) is 32.1 Å². The van der Waals surface area contributed by atoms with Gasteiger partial charge in [0.05, 0.1) is 19.3 Å². The van der Waals surface area contributed by atoms with Crippen LogP contribution in [0.2, 0.25) is 0 Å². The van der Waals surface area contributed by atoms with E-state index in [1.165, 1.54) is 12.8 Å². The van der Waals surface area contributed by atoms with E-state index in [0.717, 1.165) is 77.4 Å². The first-order chi connectivity index (χ1) is 16.2. The molecular weight excluding hydrogens is 418 g/mol. The van der Waals surface area contributed by atoms with Gasteiger partial charge in [-0.3, -0.25) is 14.6 Å². The molecule has 1 atom stereocenters. The van der Waals surface area contributed by atoms with Gasteiger partial charge in [-0.25, -0.2) is 4.79 Å². The lowest BCUT2D eigenvalue weighted by atomic mass is 9.95. The Balaban J connectivity index is 1.25. The number of nitrogens with zero attached hydrogens (tertiary/aromatic N) is 3. The molecule has 2 saturated heterocycles.